The fourth-order valence-corrected chi connectivity index (χ4v) is 7.27. The lowest BCUT2D eigenvalue weighted by atomic mass is 9.45. The first kappa shape index (κ1) is 20.3. The Labute approximate surface area is 180 Å². The van der Waals surface area contributed by atoms with E-state index in [0.717, 1.165) is 76.9 Å². The van der Waals surface area contributed by atoms with Crippen LogP contribution in [0.25, 0.3) is 0 Å². The number of hydrogen-bond donors (Lipinski definition) is 2. The summed E-state index contributed by atoms with van der Waals surface area (Å²) < 4.78 is 5.40. The van der Waals surface area contributed by atoms with Gasteiger partial charge in [0.1, 0.15) is 0 Å². The van der Waals surface area contributed by atoms with Gasteiger partial charge in [0, 0.05) is 25.2 Å². The number of carbonyl (C=O) groups excluding carboxylic acids is 1. The summed E-state index contributed by atoms with van der Waals surface area (Å²) in [4.78, 5) is 15.2. The van der Waals surface area contributed by atoms with Crippen molar-refractivity contribution in [2.24, 2.45) is 11.8 Å². The Balaban J connectivity index is 1.19. The largest absolute Gasteiger partial charge is 0.379 e. The van der Waals surface area contributed by atoms with Gasteiger partial charge in [0.05, 0.1) is 13.2 Å². The second-order valence-electron chi connectivity index (χ2n) is 10.6. The van der Waals surface area contributed by atoms with E-state index in [2.05, 4.69) is 46.7 Å². The maximum absolute atomic E-state index is 12.8. The summed E-state index contributed by atoms with van der Waals surface area (Å²) in [6, 6.07) is 9.26. The minimum absolute atomic E-state index is 0.0107. The first-order chi connectivity index (χ1) is 14.5. The topological polar surface area (TPSA) is 53.6 Å². The number of rotatable bonds is 6. The second kappa shape index (κ2) is 8.16. The van der Waals surface area contributed by atoms with E-state index >= 15 is 0 Å². The number of hydrogen-bond acceptors (Lipinski definition) is 3. The molecule has 0 radical (unpaired) electrons. The smallest absolute Gasteiger partial charge is 0.315 e. The predicted molar refractivity (Wildman–Crippen MR) is 119 cm³/mol. The number of amides is 2. The highest BCUT2D eigenvalue weighted by Crippen LogP contribution is 2.62. The van der Waals surface area contributed by atoms with Crippen molar-refractivity contribution >= 4 is 6.03 Å². The van der Waals surface area contributed by atoms with Gasteiger partial charge < -0.3 is 15.4 Å². The third-order valence-corrected chi connectivity index (χ3v) is 8.14. The Hall–Kier alpha value is -1.59. The fraction of sp³-hybridized carbons (Fsp3) is 0.720. The van der Waals surface area contributed by atoms with E-state index in [1.807, 2.05) is 0 Å². The summed E-state index contributed by atoms with van der Waals surface area (Å²) in [5.41, 5.74) is 3.08. The molecule has 0 aromatic heterocycles. The molecule has 1 aromatic rings. The molecule has 164 valence electrons. The van der Waals surface area contributed by atoms with Crippen molar-refractivity contribution in [2.75, 3.05) is 39.4 Å². The van der Waals surface area contributed by atoms with Crippen molar-refractivity contribution < 1.29 is 9.53 Å². The van der Waals surface area contributed by atoms with Crippen molar-refractivity contribution in [1.82, 2.24) is 15.5 Å². The Morgan fingerprint density at radius 2 is 1.80 bits per heavy atom. The molecule has 1 aliphatic heterocycles. The van der Waals surface area contributed by atoms with Gasteiger partial charge in [-0.2, -0.15) is 0 Å². The molecule has 1 aromatic carbocycles. The molecule has 5 heteroatoms. The van der Waals surface area contributed by atoms with Gasteiger partial charge in [0.2, 0.25) is 0 Å². The summed E-state index contributed by atoms with van der Waals surface area (Å²) in [5.74, 6) is 1.52. The fourth-order valence-electron chi connectivity index (χ4n) is 7.27. The molecule has 4 bridgehead atoms. The summed E-state index contributed by atoms with van der Waals surface area (Å²) in [7, 11) is 0. The molecule has 4 atom stereocenters. The molecular formula is C25H37N3O2. The molecule has 1 heterocycles. The van der Waals surface area contributed by atoms with Crippen molar-refractivity contribution in [2.45, 2.75) is 62.8 Å². The first-order valence-corrected chi connectivity index (χ1v) is 12.0. The molecule has 5 fully saturated rings. The molecule has 0 spiro atoms. The lowest BCUT2D eigenvalue weighted by molar-refractivity contribution is -0.0350. The molecule has 4 saturated carbocycles. The van der Waals surface area contributed by atoms with Crippen molar-refractivity contribution in [3.63, 3.8) is 0 Å². The number of aryl methyl sites for hydroxylation is 1. The number of ether oxygens (including phenoxy) is 1. The van der Waals surface area contributed by atoms with Crippen molar-refractivity contribution in [1.29, 1.82) is 0 Å². The Kier molecular flexibility index (Phi) is 5.53. The van der Waals surface area contributed by atoms with Crippen molar-refractivity contribution in [3.05, 3.63) is 35.4 Å². The normalized spacial score (nSPS) is 35.4. The van der Waals surface area contributed by atoms with Crippen LogP contribution >= 0.6 is 0 Å². The predicted octanol–water partition coefficient (Wildman–Crippen LogP) is 3.61. The van der Waals surface area contributed by atoms with E-state index in [4.69, 9.17) is 4.74 Å². The van der Waals surface area contributed by atoms with Crippen molar-refractivity contribution in [3.8, 4) is 0 Å². The third kappa shape index (κ3) is 4.11. The van der Waals surface area contributed by atoms with E-state index in [1.165, 1.54) is 30.4 Å². The molecular weight excluding hydrogens is 374 g/mol. The monoisotopic (exact) mass is 411 g/mol. The average Bonchev–Trinajstić information content (AvgIpc) is 2.71. The summed E-state index contributed by atoms with van der Waals surface area (Å²) in [6.45, 7) is 7.64. The van der Waals surface area contributed by atoms with E-state index in [9.17, 15) is 4.79 Å². The minimum Gasteiger partial charge on any atom is -0.379 e. The van der Waals surface area contributed by atoms with Crippen LogP contribution in [-0.2, 0) is 10.2 Å². The van der Waals surface area contributed by atoms with Crippen LogP contribution in [0.1, 0.15) is 56.1 Å². The SMILES string of the molecule is Cc1ccc(C23C[C@@H]4C[C@@H](CC(NC(=O)NCCCN5CCOCC5)(C4)C2)C3)cc1. The molecule has 30 heavy (non-hydrogen) atoms. The zero-order valence-corrected chi connectivity index (χ0v) is 18.4. The molecule has 5 nitrogen and oxygen atoms in total. The van der Waals surface area contributed by atoms with Crippen LogP contribution in [0.4, 0.5) is 4.79 Å². The maximum atomic E-state index is 12.8. The lowest BCUT2D eigenvalue weighted by Crippen LogP contribution is -2.65. The second-order valence-corrected chi connectivity index (χ2v) is 10.6. The first-order valence-electron chi connectivity index (χ1n) is 12.0. The zero-order valence-electron chi connectivity index (χ0n) is 18.4. The Bertz CT molecular complexity index is 742. The molecule has 5 aliphatic rings. The van der Waals surface area contributed by atoms with Gasteiger partial charge in [-0.25, -0.2) is 4.79 Å². The number of nitrogens with one attached hydrogen (secondary N) is 2. The summed E-state index contributed by atoms with van der Waals surface area (Å²) >= 11 is 0. The van der Waals surface area contributed by atoms with Crippen LogP contribution in [0.5, 0.6) is 0 Å². The average molecular weight is 412 g/mol. The van der Waals surface area contributed by atoms with Crippen LogP contribution < -0.4 is 10.6 Å². The lowest BCUT2D eigenvalue weighted by Gasteiger charge is -2.62. The number of benzene rings is 1. The van der Waals surface area contributed by atoms with Crippen LogP contribution in [-0.4, -0.2) is 55.9 Å². The highest BCUT2D eigenvalue weighted by Gasteiger charge is 2.58. The van der Waals surface area contributed by atoms with E-state index < -0.39 is 0 Å². The molecule has 6 rings (SSSR count). The van der Waals surface area contributed by atoms with Crippen LogP contribution in [0.3, 0.4) is 0 Å². The Morgan fingerprint density at radius 3 is 2.50 bits per heavy atom. The Morgan fingerprint density at radius 1 is 1.10 bits per heavy atom. The van der Waals surface area contributed by atoms with Gasteiger partial charge in [-0.1, -0.05) is 29.8 Å². The summed E-state index contributed by atoms with van der Waals surface area (Å²) in [5, 5.41) is 6.63. The van der Waals surface area contributed by atoms with Gasteiger partial charge in [0.15, 0.2) is 0 Å². The van der Waals surface area contributed by atoms with Gasteiger partial charge in [0.25, 0.3) is 0 Å². The molecule has 4 aliphatic carbocycles. The van der Waals surface area contributed by atoms with Gasteiger partial charge in [-0.15, -0.1) is 0 Å². The highest BCUT2D eigenvalue weighted by molar-refractivity contribution is 5.75. The van der Waals surface area contributed by atoms with Gasteiger partial charge in [-0.3, -0.25) is 4.90 Å². The molecule has 1 saturated heterocycles. The maximum Gasteiger partial charge on any atom is 0.315 e. The summed E-state index contributed by atoms with van der Waals surface area (Å²) in [6.07, 6.45) is 8.40. The number of urea groups is 1. The van der Waals surface area contributed by atoms with Gasteiger partial charge >= 0.3 is 6.03 Å². The third-order valence-electron chi connectivity index (χ3n) is 8.14. The minimum atomic E-state index is -0.0107. The van der Waals surface area contributed by atoms with Gasteiger partial charge in [-0.05, 0) is 81.2 Å². The molecule has 2 unspecified atom stereocenters. The standard InChI is InChI=1S/C25H37N3O2/c1-19-3-5-22(6-4-19)24-14-20-13-21(15-24)17-25(16-20,18-24)27-23(29)26-7-2-8-28-9-11-30-12-10-28/h3-6,20-21H,2,7-18H2,1H3,(H2,26,27,29)/t20-,21+,24?,25?. The van der Waals surface area contributed by atoms with E-state index in [1.54, 1.807) is 0 Å². The van der Waals surface area contributed by atoms with Crippen LogP contribution in [0.2, 0.25) is 0 Å². The molecule has 2 amide bonds. The number of carbonyl (C=O) groups is 1. The highest BCUT2D eigenvalue weighted by atomic mass is 16.5. The quantitative estimate of drug-likeness (QED) is 0.703. The number of nitrogens with zero attached hydrogens (tertiary/aromatic N) is 1. The molecule has 2 N–H and O–H groups in total. The van der Waals surface area contributed by atoms with E-state index in [-0.39, 0.29) is 17.0 Å². The van der Waals surface area contributed by atoms with E-state index in [0.29, 0.717) is 0 Å². The van der Waals surface area contributed by atoms with Crippen LogP contribution in [0, 0.1) is 18.8 Å². The van der Waals surface area contributed by atoms with Crippen LogP contribution in [0.15, 0.2) is 24.3 Å². The zero-order chi connectivity index (χ0) is 20.6. The number of morpholine rings is 1.